The van der Waals surface area contributed by atoms with Gasteiger partial charge in [-0.05, 0) is 19.4 Å². The zero-order valence-electron chi connectivity index (χ0n) is 13.2. The fourth-order valence-corrected chi connectivity index (χ4v) is 3.84. The average Bonchev–Trinajstić information content (AvgIpc) is 2.98. The number of nitrogens with zero attached hydrogens (tertiary/aromatic N) is 2. The molecule has 0 bridgehead atoms. The van der Waals surface area contributed by atoms with Crippen LogP contribution < -0.4 is 10.1 Å². The van der Waals surface area contributed by atoms with Crippen LogP contribution in [-0.2, 0) is 6.42 Å². The second-order valence-electron chi connectivity index (χ2n) is 5.61. The molecule has 1 unspecified atom stereocenters. The van der Waals surface area contributed by atoms with Crippen LogP contribution in [0.4, 0.5) is 0 Å². The molecule has 1 aliphatic heterocycles. The van der Waals surface area contributed by atoms with Crippen molar-refractivity contribution >= 4 is 11.3 Å². The van der Waals surface area contributed by atoms with Gasteiger partial charge in [-0.2, -0.15) is 0 Å². The summed E-state index contributed by atoms with van der Waals surface area (Å²) < 4.78 is 5.55. The summed E-state index contributed by atoms with van der Waals surface area (Å²) >= 11 is 1.76. The minimum atomic E-state index is 0.373. The molecule has 3 rings (SSSR count). The molecule has 1 N–H and O–H groups in total. The lowest BCUT2D eigenvalue weighted by Crippen LogP contribution is -2.46. The van der Waals surface area contributed by atoms with Gasteiger partial charge >= 0.3 is 0 Å². The normalized spacial score (nSPS) is 19.3. The van der Waals surface area contributed by atoms with Crippen LogP contribution in [0.2, 0.25) is 0 Å². The number of hydrogen-bond acceptors (Lipinski definition) is 5. The lowest BCUT2D eigenvalue weighted by Gasteiger charge is -2.37. The topological polar surface area (TPSA) is 37.4 Å². The fourth-order valence-electron chi connectivity index (χ4n) is 3.07. The van der Waals surface area contributed by atoms with Gasteiger partial charge in [0.2, 0.25) is 0 Å². The van der Waals surface area contributed by atoms with Crippen LogP contribution in [-0.4, -0.2) is 43.2 Å². The van der Waals surface area contributed by atoms with Gasteiger partial charge in [-0.15, -0.1) is 11.3 Å². The van der Waals surface area contributed by atoms with Gasteiger partial charge in [0, 0.05) is 36.6 Å². The smallest absolute Gasteiger partial charge is 0.123 e. The highest BCUT2D eigenvalue weighted by molar-refractivity contribution is 7.09. The Balaban J connectivity index is 1.75. The van der Waals surface area contributed by atoms with Crippen molar-refractivity contribution in [1.29, 1.82) is 0 Å². The monoisotopic (exact) mass is 317 g/mol. The van der Waals surface area contributed by atoms with Gasteiger partial charge in [0.05, 0.1) is 24.4 Å². The predicted molar refractivity (Wildman–Crippen MR) is 90.7 cm³/mol. The number of rotatable bonds is 5. The number of aromatic nitrogens is 1. The zero-order chi connectivity index (χ0) is 15.4. The van der Waals surface area contributed by atoms with E-state index in [-0.39, 0.29) is 0 Å². The third kappa shape index (κ3) is 3.32. The lowest BCUT2D eigenvalue weighted by molar-refractivity contribution is 0.161. The summed E-state index contributed by atoms with van der Waals surface area (Å²) in [5, 5.41) is 3.51. The summed E-state index contributed by atoms with van der Waals surface area (Å²) in [5.41, 5.74) is 4.40. The Labute approximate surface area is 136 Å². The Morgan fingerprint density at radius 1 is 1.41 bits per heavy atom. The van der Waals surface area contributed by atoms with E-state index in [1.165, 1.54) is 16.1 Å². The third-order valence-electron chi connectivity index (χ3n) is 4.32. The largest absolute Gasteiger partial charge is 0.496 e. The van der Waals surface area contributed by atoms with Gasteiger partial charge in [0.25, 0.3) is 0 Å². The third-order valence-corrected chi connectivity index (χ3v) is 5.32. The molecule has 0 spiro atoms. The second kappa shape index (κ2) is 7.22. The van der Waals surface area contributed by atoms with Gasteiger partial charge < -0.3 is 10.1 Å². The van der Waals surface area contributed by atoms with Crippen molar-refractivity contribution in [2.24, 2.45) is 0 Å². The molecular weight excluding hydrogens is 294 g/mol. The molecule has 118 valence electrons. The lowest BCUT2D eigenvalue weighted by atomic mass is 10.0. The first kappa shape index (κ1) is 15.5. The van der Waals surface area contributed by atoms with E-state index in [9.17, 15) is 0 Å². The van der Waals surface area contributed by atoms with Crippen molar-refractivity contribution in [3.63, 3.8) is 0 Å². The average molecular weight is 317 g/mol. The summed E-state index contributed by atoms with van der Waals surface area (Å²) in [7, 11) is 1.75. The van der Waals surface area contributed by atoms with Crippen LogP contribution in [0.15, 0.2) is 29.8 Å². The van der Waals surface area contributed by atoms with Crippen molar-refractivity contribution in [2.75, 3.05) is 33.3 Å². The predicted octanol–water partition coefficient (Wildman–Crippen LogP) is 2.65. The number of hydrogen-bond donors (Lipinski definition) is 1. The number of thiazole rings is 1. The van der Waals surface area contributed by atoms with Gasteiger partial charge in [-0.25, -0.2) is 4.98 Å². The number of methoxy groups -OCH3 is 1. The van der Waals surface area contributed by atoms with E-state index >= 15 is 0 Å². The van der Waals surface area contributed by atoms with Crippen molar-refractivity contribution in [3.8, 4) is 5.75 Å². The fraction of sp³-hybridized carbons (Fsp3) is 0.471. The molecule has 1 fully saturated rings. The molecule has 0 radical (unpaired) electrons. The van der Waals surface area contributed by atoms with Crippen LogP contribution >= 0.6 is 11.3 Å². The number of piperazine rings is 1. The summed E-state index contributed by atoms with van der Waals surface area (Å²) in [6, 6.07) is 8.73. The first-order valence-corrected chi connectivity index (χ1v) is 8.64. The van der Waals surface area contributed by atoms with Gasteiger partial charge in [0.15, 0.2) is 0 Å². The van der Waals surface area contributed by atoms with Crippen LogP contribution in [0.1, 0.15) is 22.2 Å². The highest BCUT2D eigenvalue weighted by Crippen LogP contribution is 2.30. The Hall–Kier alpha value is -1.43. The van der Waals surface area contributed by atoms with Crippen molar-refractivity contribution < 1.29 is 4.74 Å². The molecule has 0 aliphatic carbocycles. The SMILES string of the molecule is COc1ccccc1C1CNCCN1CCc1scnc1C. The second-order valence-corrected chi connectivity index (χ2v) is 6.55. The first-order chi connectivity index (χ1) is 10.8. The maximum Gasteiger partial charge on any atom is 0.123 e. The summed E-state index contributed by atoms with van der Waals surface area (Å²) in [5.74, 6) is 0.982. The van der Waals surface area contributed by atoms with Gasteiger partial charge in [0.1, 0.15) is 5.75 Å². The number of benzene rings is 1. The zero-order valence-corrected chi connectivity index (χ0v) is 14.0. The minimum absolute atomic E-state index is 0.373. The van der Waals surface area contributed by atoms with Crippen molar-refractivity contribution in [2.45, 2.75) is 19.4 Å². The number of para-hydroxylation sites is 1. The van der Waals surface area contributed by atoms with Crippen LogP contribution in [0.25, 0.3) is 0 Å². The maximum absolute atomic E-state index is 5.55. The molecule has 0 amide bonds. The van der Waals surface area contributed by atoms with Gasteiger partial charge in [-0.1, -0.05) is 18.2 Å². The minimum Gasteiger partial charge on any atom is -0.496 e. The van der Waals surface area contributed by atoms with E-state index in [1.54, 1.807) is 18.4 Å². The molecule has 2 aromatic rings. The molecule has 1 atom stereocenters. The summed E-state index contributed by atoms with van der Waals surface area (Å²) in [6.07, 6.45) is 1.07. The summed E-state index contributed by atoms with van der Waals surface area (Å²) in [4.78, 5) is 8.32. The van der Waals surface area contributed by atoms with E-state index in [4.69, 9.17) is 4.74 Å². The highest BCUT2D eigenvalue weighted by atomic mass is 32.1. The van der Waals surface area contributed by atoms with E-state index < -0.39 is 0 Å². The van der Waals surface area contributed by atoms with E-state index in [1.807, 2.05) is 11.6 Å². The Kier molecular flexibility index (Phi) is 5.08. The quantitative estimate of drug-likeness (QED) is 0.920. The van der Waals surface area contributed by atoms with Gasteiger partial charge in [-0.3, -0.25) is 4.90 Å². The molecule has 0 saturated carbocycles. The van der Waals surface area contributed by atoms with Crippen LogP contribution in [0.3, 0.4) is 0 Å². The maximum atomic E-state index is 5.55. The van der Waals surface area contributed by atoms with Crippen LogP contribution in [0, 0.1) is 6.92 Å². The van der Waals surface area contributed by atoms with E-state index in [2.05, 4.69) is 40.3 Å². The molecule has 1 aromatic carbocycles. The number of ether oxygens (including phenoxy) is 1. The Bertz CT molecular complexity index is 613. The molecule has 1 aromatic heterocycles. The van der Waals surface area contributed by atoms with Crippen LogP contribution in [0.5, 0.6) is 5.75 Å². The van der Waals surface area contributed by atoms with Crippen molar-refractivity contribution in [3.05, 3.63) is 45.9 Å². The highest BCUT2D eigenvalue weighted by Gasteiger charge is 2.25. The standard InChI is InChI=1S/C17H23N3OS/c1-13-17(22-12-19-13)7-9-20-10-8-18-11-15(20)14-5-3-4-6-16(14)21-2/h3-6,12,15,18H,7-11H2,1-2H3. The molecule has 4 nitrogen and oxygen atoms in total. The molecule has 5 heteroatoms. The number of nitrogens with one attached hydrogen (secondary N) is 1. The molecule has 2 heterocycles. The Morgan fingerprint density at radius 3 is 3.05 bits per heavy atom. The Morgan fingerprint density at radius 2 is 2.27 bits per heavy atom. The van der Waals surface area contributed by atoms with E-state index in [0.717, 1.165) is 38.3 Å². The van der Waals surface area contributed by atoms with E-state index in [0.29, 0.717) is 6.04 Å². The summed E-state index contributed by atoms with van der Waals surface area (Å²) in [6.45, 7) is 6.25. The molecule has 1 aliphatic rings. The molecule has 22 heavy (non-hydrogen) atoms. The molecule has 1 saturated heterocycles. The van der Waals surface area contributed by atoms with Crippen molar-refractivity contribution in [1.82, 2.24) is 15.2 Å². The number of aryl methyl sites for hydroxylation is 1. The molecular formula is C17H23N3OS. The first-order valence-electron chi connectivity index (χ1n) is 7.76.